The molecule has 0 radical (unpaired) electrons. The molecule has 1 fully saturated rings. The topological polar surface area (TPSA) is 23.5 Å². The van der Waals surface area contributed by atoms with Crippen molar-refractivity contribution in [3.8, 4) is 0 Å². The fourth-order valence-electron chi connectivity index (χ4n) is 4.21. The van der Waals surface area contributed by atoms with E-state index >= 15 is 0 Å². The van der Waals surface area contributed by atoms with Gasteiger partial charge >= 0.3 is 0 Å². The number of rotatable bonds is 7. The highest BCUT2D eigenvalue weighted by Crippen LogP contribution is 2.39. The fraction of sp³-hybridized carbons (Fsp3) is 0.636. The lowest BCUT2D eigenvalue weighted by Crippen LogP contribution is -2.44. The quantitative estimate of drug-likeness (QED) is 0.677. The molecular formula is C22H34ClNO. The molecule has 1 aliphatic rings. The van der Waals surface area contributed by atoms with Crippen LogP contribution in [0.1, 0.15) is 57.9 Å². The second kappa shape index (κ2) is 9.21. The monoisotopic (exact) mass is 363 g/mol. The molecule has 2 unspecified atom stereocenters. The van der Waals surface area contributed by atoms with E-state index in [9.17, 15) is 5.11 Å². The van der Waals surface area contributed by atoms with E-state index < -0.39 is 5.60 Å². The van der Waals surface area contributed by atoms with E-state index in [1.165, 1.54) is 32.1 Å². The third kappa shape index (κ3) is 5.84. The Morgan fingerprint density at radius 2 is 1.84 bits per heavy atom. The normalized spacial score (nSPS) is 20.5. The molecule has 0 aromatic heterocycles. The lowest BCUT2D eigenvalue weighted by atomic mass is 9.72. The zero-order valence-electron chi connectivity index (χ0n) is 16.3. The average Bonchev–Trinajstić information content (AvgIpc) is 2.57. The molecule has 0 saturated heterocycles. The van der Waals surface area contributed by atoms with Crippen molar-refractivity contribution in [2.75, 3.05) is 20.6 Å². The summed E-state index contributed by atoms with van der Waals surface area (Å²) >= 11 is 6.00. The van der Waals surface area contributed by atoms with Crippen molar-refractivity contribution in [2.24, 2.45) is 11.8 Å². The van der Waals surface area contributed by atoms with Gasteiger partial charge in [0.05, 0.1) is 5.60 Å². The van der Waals surface area contributed by atoms with Gasteiger partial charge in [0.1, 0.15) is 0 Å². The number of nitrogens with zero attached hydrogens (tertiary/aromatic N) is 1. The predicted octanol–water partition coefficient (Wildman–Crippen LogP) is 5.64. The molecule has 1 N–H and O–H groups in total. The van der Waals surface area contributed by atoms with Crippen molar-refractivity contribution in [3.05, 3.63) is 40.4 Å². The summed E-state index contributed by atoms with van der Waals surface area (Å²) in [5.74, 6) is 0.824. The Morgan fingerprint density at radius 1 is 1.24 bits per heavy atom. The van der Waals surface area contributed by atoms with Gasteiger partial charge in [0.2, 0.25) is 0 Å². The Hall–Kier alpha value is -0.830. The van der Waals surface area contributed by atoms with Crippen molar-refractivity contribution >= 4 is 17.7 Å². The van der Waals surface area contributed by atoms with Crippen LogP contribution in [0.2, 0.25) is 5.02 Å². The summed E-state index contributed by atoms with van der Waals surface area (Å²) in [6.07, 6.45) is 9.48. The fourth-order valence-corrected chi connectivity index (χ4v) is 4.34. The van der Waals surface area contributed by atoms with Crippen molar-refractivity contribution in [1.29, 1.82) is 0 Å². The number of benzene rings is 1. The molecule has 1 aromatic carbocycles. The molecule has 0 amide bonds. The zero-order valence-corrected chi connectivity index (χ0v) is 17.0. The van der Waals surface area contributed by atoms with Crippen molar-refractivity contribution in [2.45, 2.75) is 58.0 Å². The van der Waals surface area contributed by atoms with Gasteiger partial charge in [-0.05, 0) is 56.6 Å². The summed E-state index contributed by atoms with van der Waals surface area (Å²) < 4.78 is 0. The Kier molecular flexibility index (Phi) is 7.54. The van der Waals surface area contributed by atoms with Crippen molar-refractivity contribution < 1.29 is 5.11 Å². The van der Waals surface area contributed by atoms with Gasteiger partial charge < -0.3 is 10.0 Å². The average molecular weight is 364 g/mol. The summed E-state index contributed by atoms with van der Waals surface area (Å²) in [7, 11) is 4.16. The maximum absolute atomic E-state index is 11.7. The van der Waals surface area contributed by atoms with Crippen LogP contribution in [0, 0.1) is 11.8 Å². The summed E-state index contributed by atoms with van der Waals surface area (Å²) in [5, 5.41) is 12.5. The molecule has 3 heteroatoms. The van der Waals surface area contributed by atoms with Crippen LogP contribution >= 0.6 is 11.6 Å². The molecule has 0 aliphatic heterocycles. The number of hydrogen-bond acceptors (Lipinski definition) is 2. The van der Waals surface area contributed by atoms with Crippen LogP contribution in [-0.2, 0) is 0 Å². The lowest BCUT2D eigenvalue weighted by molar-refractivity contribution is -0.0109. The standard InChI is InChI=1S/C22H34ClNO/c1-17(14-19-10-12-21(23)13-11-19)22(25,18(2)16-24(3)4)15-20-8-6-5-7-9-20/h10-14,18,20,25H,5-9,15-16H2,1-4H3/b17-14+. The second-order valence-corrected chi connectivity index (χ2v) is 8.61. The van der Waals surface area contributed by atoms with Gasteiger partial charge in [0.25, 0.3) is 0 Å². The van der Waals surface area contributed by atoms with Crippen LogP contribution in [0.5, 0.6) is 0 Å². The number of hydrogen-bond donors (Lipinski definition) is 1. The van der Waals surface area contributed by atoms with E-state index in [0.29, 0.717) is 5.92 Å². The highest BCUT2D eigenvalue weighted by atomic mass is 35.5. The molecule has 140 valence electrons. The molecule has 2 atom stereocenters. The number of aliphatic hydroxyl groups is 1. The van der Waals surface area contributed by atoms with Crippen LogP contribution in [0.15, 0.2) is 29.8 Å². The first-order chi connectivity index (χ1) is 11.8. The van der Waals surface area contributed by atoms with Crippen LogP contribution in [0.3, 0.4) is 0 Å². The largest absolute Gasteiger partial charge is 0.385 e. The summed E-state index contributed by atoms with van der Waals surface area (Å²) in [4.78, 5) is 2.17. The van der Waals surface area contributed by atoms with Crippen molar-refractivity contribution in [3.63, 3.8) is 0 Å². The van der Waals surface area contributed by atoms with Crippen LogP contribution in [0.25, 0.3) is 6.08 Å². The van der Waals surface area contributed by atoms with Gasteiger partial charge in [-0.15, -0.1) is 0 Å². The third-order valence-electron chi connectivity index (χ3n) is 5.71. The molecule has 0 heterocycles. The first kappa shape index (κ1) is 20.5. The summed E-state index contributed by atoms with van der Waals surface area (Å²) in [6.45, 7) is 5.15. The van der Waals surface area contributed by atoms with Crippen LogP contribution in [-0.4, -0.2) is 36.2 Å². The molecule has 1 saturated carbocycles. The molecule has 1 aromatic rings. The first-order valence-electron chi connectivity index (χ1n) is 9.62. The summed E-state index contributed by atoms with van der Waals surface area (Å²) in [5.41, 5.74) is 1.40. The maximum Gasteiger partial charge on any atom is 0.0897 e. The molecule has 2 rings (SSSR count). The first-order valence-corrected chi connectivity index (χ1v) is 10.0. The highest BCUT2D eigenvalue weighted by molar-refractivity contribution is 6.30. The minimum absolute atomic E-state index is 0.188. The maximum atomic E-state index is 11.7. The van der Waals surface area contributed by atoms with Crippen LogP contribution in [0.4, 0.5) is 0 Å². The smallest absolute Gasteiger partial charge is 0.0897 e. The Labute approximate surface area is 158 Å². The van der Waals surface area contributed by atoms with E-state index in [1.807, 2.05) is 24.3 Å². The SMILES string of the molecule is C/C(=C\c1ccc(Cl)cc1)C(O)(CC1CCCCC1)C(C)CN(C)C. The predicted molar refractivity (Wildman–Crippen MR) is 109 cm³/mol. The van der Waals surface area contributed by atoms with Gasteiger partial charge in [-0.2, -0.15) is 0 Å². The van der Waals surface area contributed by atoms with Gasteiger partial charge in [0.15, 0.2) is 0 Å². The minimum Gasteiger partial charge on any atom is -0.385 e. The summed E-state index contributed by atoms with van der Waals surface area (Å²) in [6, 6.07) is 7.85. The zero-order chi connectivity index (χ0) is 18.4. The van der Waals surface area contributed by atoms with Gasteiger partial charge in [-0.3, -0.25) is 0 Å². The van der Waals surface area contributed by atoms with Gasteiger partial charge in [-0.25, -0.2) is 0 Å². The van der Waals surface area contributed by atoms with E-state index in [2.05, 4.69) is 38.9 Å². The third-order valence-corrected chi connectivity index (χ3v) is 5.97. The van der Waals surface area contributed by atoms with E-state index in [0.717, 1.165) is 29.1 Å². The van der Waals surface area contributed by atoms with Gasteiger partial charge in [0, 0.05) is 17.5 Å². The molecule has 1 aliphatic carbocycles. The van der Waals surface area contributed by atoms with Gasteiger partial charge in [-0.1, -0.05) is 68.8 Å². The number of halogens is 1. The molecule has 0 bridgehead atoms. The van der Waals surface area contributed by atoms with E-state index in [1.54, 1.807) is 0 Å². The second-order valence-electron chi connectivity index (χ2n) is 8.17. The van der Waals surface area contributed by atoms with Crippen molar-refractivity contribution in [1.82, 2.24) is 4.90 Å². The molecule has 2 nitrogen and oxygen atoms in total. The molecule has 25 heavy (non-hydrogen) atoms. The Morgan fingerprint density at radius 3 is 2.40 bits per heavy atom. The lowest BCUT2D eigenvalue weighted by Gasteiger charge is -2.40. The Balaban J connectivity index is 2.26. The van der Waals surface area contributed by atoms with Crippen LogP contribution < -0.4 is 0 Å². The van der Waals surface area contributed by atoms with E-state index in [4.69, 9.17) is 11.6 Å². The van der Waals surface area contributed by atoms with E-state index in [-0.39, 0.29) is 5.92 Å². The molecule has 0 spiro atoms. The Bertz CT molecular complexity index is 560. The highest BCUT2D eigenvalue weighted by Gasteiger charge is 2.38. The molecular weight excluding hydrogens is 330 g/mol. The minimum atomic E-state index is -0.758.